The van der Waals surface area contributed by atoms with Crippen LogP contribution in [0.2, 0.25) is 10.0 Å². The lowest BCUT2D eigenvalue weighted by Gasteiger charge is -2.32. The number of benzene rings is 1. The Labute approximate surface area is 165 Å². The van der Waals surface area contributed by atoms with Gasteiger partial charge < -0.3 is 15.0 Å². The topological polar surface area (TPSA) is 41.6 Å². The molecule has 0 aromatic heterocycles. The molecule has 4 nitrogen and oxygen atoms in total. The van der Waals surface area contributed by atoms with E-state index in [1.54, 1.807) is 18.2 Å². The molecule has 3 rings (SSSR count). The van der Waals surface area contributed by atoms with Gasteiger partial charge in [0.05, 0.1) is 18.1 Å². The fourth-order valence-corrected chi connectivity index (χ4v) is 3.45. The van der Waals surface area contributed by atoms with Gasteiger partial charge in [0.25, 0.3) is 0 Å². The summed E-state index contributed by atoms with van der Waals surface area (Å²) in [5.41, 5.74) is 0. The molecule has 0 radical (unpaired) electrons. The molecule has 1 saturated carbocycles. The molecule has 1 aliphatic heterocycles. The van der Waals surface area contributed by atoms with E-state index in [2.05, 4.69) is 5.32 Å². The second kappa shape index (κ2) is 9.86. The van der Waals surface area contributed by atoms with Crippen LogP contribution in [0.15, 0.2) is 18.2 Å². The SMILES string of the molecule is Cl.O=C(CCOc1ccc(Cl)cc1Cl)N1CCC(NCC2CC2)CC1. The Bertz CT molecular complexity index is 573. The number of likely N-dealkylation sites (tertiary alicyclic amines) is 1. The van der Waals surface area contributed by atoms with E-state index in [9.17, 15) is 4.79 Å². The number of carbonyl (C=O) groups excluding carboxylic acids is 1. The maximum atomic E-state index is 12.3. The highest BCUT2D eigenvalue weighted by molar-refractivity contribution is 6.35. The number of halogens is 3. The molecule has 0 spiro atoms. The number of hydrogen-bond donors (Lipinski definition) is 1. The molecule has 0 unspecified atom stereocenters. The van der Waals surface area contributed by atoms with Crippen molar-refractivity contribution in [3.05, 3.63) is 28.2 Å². The van der Waals surface area contributed by atoms with Gasteiger partial charge in [-0.05, 0) is 56.3 Å². The van der Waals surface area contributed by atoms with Gasteiger partial charge in [0.15, 0.2) is 0 Å². The number of amides is 1. The third kappa shape index (κ3) is 6.52. The first-order chi connectivity index (χ1) is 11.6. The molecule has 0 atom stereocenters. The van der Waals surface area contributed by atoms with Crippen molar-refractivity contribution in [3.63, 3.8) is 0 Å². The summed E-state index contributed by atoms with van der Waals surface area (Å²) in [6, 6.07) is 5.66. The van der Waals surface area contributed by atoms with Crippen molar-refractivity contribution in [2.24, 2.45) is 5.92 Å². The minimum Gasteiger partial charge on any atom is -0.491 e. The number of piperidine rings is 1. The second-order valence-electron chi connectivity index (χ2n) is 6.68. The van der Waals surface area contributed by atoms with Crippen LogP contribution in [0.3, 0.4) is 0 Å². The summed E-state index contributed by atoms with van der Waals surface area (Å²) in [7, 11) is 0. The molecule has 2 fully saturated rings. The third-order valence-electron chi connectivity index (χ3n) is 4.71. The van der Waals surface area contributed by atoms with E-state index in [0.29, 0.717) is 34.9 Å². The van der Waals surface area contributed by atoms with Gasteiger partial charge in [0.2, 0.25) is 5.91 Å². The zero-order valence-corrected chi connectivity index (χ0v) is 16.5. The van der Waals surface area contributed by atoms with E-state index in [-0.39, 0.29) is 18.3 Å². The summed E-state index contributed by atoms with van der Waals surface area (Å²) < 4.78 is 5.60. The first-order valence-electron chi connectivity index (χ1n) is 8.71. The van der Waals surface area contributed by atoms with Crippen LogP contribution in [0.5, 0.6) is 5.75 Å². The maximum absolute atomic E-state index is 12.3. The fourth-order valence-electron chi connectivity index (χ4n) is 2.99. The van der Waals surface area contributed by atoms with Gasteiger partial charge in [0.1, 0.15) is 5.75 Å². The van der Waals surface area contributed by atoms with E-state index < -0.39 is 0 Å². The van der Waals surface area contributed by atoms with Gasteiger partial charge in [-0.3, -0.25) is 4.79 Å². The van der Waals surface area contributed by atoms with E-state index in [0.717, 1.165) is 38.4 Å². The van der Waals surface area contributed by atoms with Crippen molar-refractivity contribution < 1.29 is 9.53 Å². The average Bonchev–Trinajstić information content (AvgIpc) is 3.40. The van der Waals surface area contributed by atoms with E-state index in [1.807, 2.05) is 4.90 Å². The Kier molecular flexibility index (Phi) is 8.14. The fraction of sp³-hybridized carbons (Fsp3) is 0.611. The van der Waals surface area contributed by atoms with Gasteiger partial charge in [-0.2, -0.15) is 0 Å². The smallest absolute Gasteiger partial charge is 0.225 e. The predicted molar refractivity (Wildman–Crippen MR) is 104 cm³/mol. The summed E-state index contributed by atoms with van der Waals surface area (Å²) in [6.07, 6.45) is 5.22. The van der Waals surface area contributed by atoms with Gasteiger partial charge in [-0.15, -0.1) is 12.4 Å². The van der Waals surface area contributed by atoms with Crippen LogP contribution in [-0.4, -0.2) is 43.1 Å². The van der Waals surface area contributed by atoms with Crippen molar-refractivity contribution in [3.8, 4) is 5.75 Å². The molecule has 1 aromatic carbocycles. The van der Waals surface area contributed by atoms with Gasteiger partial charge in [-0.1, -0.05) is 23.2 Å². The molecule has 25 heavy (non-hydrogen) atoms. The maximum Gasteiger partial charge on any atom is 0.225 e. The molecular weight excluding hydrogens is 383 g/mol. The highest BCUT2D eigenvalue weighted by Gasteiger charge is 2.25. The number of rotatable bonds is 7. The zero-order valence-electron chi connectivity index (χ0n) is 14.2. The first-order valence-corrected chi connectivity index (χ1v) is 9.46. The van der Waals surface area contributed by atoms with Gasteiger partial charge in [0, 0.05) is 24.2 Å². The Hall–Kier alpha value is -0.680. The van der Waals surface area contributed by atoms with Crippen LogP contribution in [0.4, 0.5) is 0 Å². The molecule has 1 saturated heterocycles. The Morgan fingerprint density at radius 3 is 2.56 bits per heavy atom. The van der Waals surface area contributed by atoms with Gasteiger partial charge in [-0.25, -0.2) is 0 Å². The Balaban J connectivity index is 0.00000225. The molecule has 1 aromatic rings. The summed E-state index contributed by atoms with van der Waals surface area (Å²) in [4.78, 5) is 14.2. The van der Waals surface area contributed by atoms with Crippen molar-refractivity contribution in [1.82, 2.24) is 10.2 Å². The minimum atomic E-state index is 0. The monoisotopic (exact) mass is 406 g/mol. The highest BCUT2D eigenvalue weighted by Crippen LogP contribution is 2.28. The molecular formula is C18H25Cl3N2O2. The zero-order chi connectivity index (χ0) is 16.9. The summed E-state index contributed by atoms with van der Waals surface area (Å²) in [5.74, 6) is 1.62. The van der Waals surface area contributed by atoms with Crippen molar-refractivity contribution >= 4 is 41.5 Å². The molecule has 1 N–H and O–H groups in total. The largest absolute Gasteiger partial charge is 0.491 e. The van der Waals surface area contributed by atoms with Crippen LogP contribution in [0.25, 0.3) is 0 Å². The quantitative estimate of drug-likeness (QED) is 0.737. The number of carbonyl (C=O) groups is 1. The average molecular weight is 408 g/mol. The molecule has 140 valence electrons. The Morgan fingerprint density at radius 1 is 1.20 bits per heavy atom. The summed E-state index contributed by atoms with van der Waals surface area (Å²) >= 11 is 11.9. The normalized spacial score (nSPS) is 17.9. The number of ether oxygens (including phenoxy) is 1. The van der Waals surface area contributed by atoms with E-state index in [4.69, 9.17) is 27.9 Å². The standard InChI is InChI=1S/C18H24Cl2N2O2.ClH/c19-14-3-4-17(16(20)11-14)24-10-7-18(23)22-8-5-15(6-9-22)21-12-13-1-2-13;/h3-4,11,13,15,21H,1-2,5-10,12H2;1H. The van der Waals surface area contributed by atoms with Gasteiger partial charge >= 0.3 is 0 Å². The van der Waals surface area contributed by atoms with Crippen LogP contribution in [0, 0.1) is 5.92 Å². The lowest BCUT2D eigenvalue weighted by Crippen LogP contribution is -2.45. The minimum absolute atomic E-state index is 0. The molecule has 1 amide bonds. The summed E-state index contributed by atoms with van der Waals surface area (Å²) in [5, 5.41) is 4.67. The van der Waals surface area contributed by atoms with Crippen LogP contribution < -0.4 is 10.1 Å². The molecule has 0 bridgehead atoms. The lowest BCUT2D eigenvalue weighted by molar-refractivity contribution is -0.132. The lowest BCUT2D eigenvalue weighted by atomic mass is 10.0. The van der Waals surface area contributed by atoms with Crippen molar-refractivity contribution in [1.29, 1.82) is 0 Å². The van der Waals surface area contributed by atoms with Crippen LogP contribution in [-0.2, 0) is 4.79 Å². The molecule has 7 heteroatoms. The third-order valence-corrected chi connectivity index (χ3v) is 5.24. The summed E-state index contributed by atoms with van der Waals surface area (Å²) in [6.45, 7) is 3.15. The molecule has 1 aliphatic carbocycles. The van der Waals surface area contributed by atoms with Crippen LogP contribution >= 0.6 is 35.6 Å². The van der Waals surface area contributed by atoms with Crippen molar-refractivity contribution in [2.75, 3.05) is 26.2 Å². The molecule has 1 heterocycles. The number of hydrogen-bond acceptors (Lipinski definition) is 3. The van der Waals surface area contributed by atoms with Crippen LogP contribution in [0.1, 0.15) is 32.1 Å². The van der Waals surface area contributed by atoms with E-state index in [1.165, 1.54) is 12.8 Å². The first kappa shape index (κ1) is 20.6. The number of nitrogens with zero attached hydrogens (tertiary/aromatic N) is 1. The van der Waals surface area contributed by atoms with Crippen molar-refractivity contribution in [2.45, 2.75) is 38.1 Å². The second-order valence-corrected chi connectivity index (χ2v) is 7.52. The predicted octanol–water partition coefficient (Wildman–Crippen LogP) is 4.17. The Morgan fingerprint density at radius 2 is 1.92 bits per heavy atom. The van der Waals surface area contributed by atoms with E-state index >= 15 is 0 Å². The number of nitrogens with one attached hydrogen (secondary N) is 1. The highest BCUT2D eigenvalue weighted by atomic mass is 35.5. The molecule has 2 aliphatic rings.